The van der Waals surface area contributed by atoms with Crippen LogP contribution in [0.25, 0.3) is 0 Å². The summed E-state index contributed by atoms with van der Waals surface area (Å²) < 4.78 is 0. The van der Waals surface area contributed by atoms with Crippen LogP contribution in [-0.4, -0.2) is 65.6 Å². The Morgan fingerprint density at radius 1 is 1.32 bits per heavy atom. The van der Waals surface area contributed by atoms with Crippen molar-refractivity contribution in [3.05, 3.63) is 0 Å². The van der Waals surface area contributed by atoms with Gasteiger partial charge in [-0.2, -0.15) is 12.6 Å². The van der Waals surface area contributed by atoms with Crippen molar-refractivity contribution in [3.8, 4) is 0 Å². The van der Waals surface area contributed by atoms with Crippen LogP contribution in [0.15, 0.2) is 0 Å². The molecule has 0 spiro atoms. The number of likely N-dealkylation sites (tertiary alicyclic amines) is 1. The molecule has 3 unspecified atom stereocenters. The molecule has 1 N–H and O–H groups in total. The van der Waals surface area contributed by atoms with Crippen molar-refractivity contribution in [2.24, 2.45) is 0 Å². The van der Waals surface area contributed by atoms with E-state index in [0.29, 0.717) is 17.8 Å². The number of nitrogens with one attached hydrogen (secondary N) is 1. The van der Waals surface area contributed by atoms with Crippen molar-refractivity contribution in [2.45, 2.75) is 44.3 Å². The summed E-state index contributed by atoms with van der Waals surface area (Å²) in [7, 11) is 2.15. The first-order valence-corrected chi connectivity index (χ1v) is 7.55. The van der Waals surface area contributed by atoms with Gasteiger partial charge in [-0.1, -0.05) is 0 Å². The molecule has 2 heterocycles. The second-order valence-corrected chi connectivity index (χ2v) is 5.92. The Kier molecular flexibility index (Phi) is 4.73. The zero-order chi connectivity index (χ0) is 14.0. The molecule has 0 radical (unpaired) electrons. The molecule has 0 saturated carbocycles. The molecule has 0 aromatic carbocycles. The van der Waals surface area contributed by atoms with Gasteiger partial charge in [0.2, 0.25) is 11.8 Å². The summed E-state index contributed by atoms with van der Waals surface area (Å²) in [5, 5.41) is 2.68. The molecule has 2 aliphatic rings. The third kappa shape index (κ3) is 3.23. The van der Waals surface area contributed by atoms with E-state index in [1.165, 1.54) is 13.3 Å². The molecule has 2 saturated heterocycles. The van der Waals surface area contributed by atoms with E-state index in [1.54, 1.807) is 0 Å². The van der Waals surface area contributed by atoms with Gasteiger partial charge in [-0.25, -0.2) is 0 Å². The van der Waals surface area contributed by atoms with E-state index in [-0.39, 0.29) is 11.8 Å². The van der Waals surface area contributed by atoms with Gasteiger partial charge in [0.25, 0.3) is 0 Å². The van der Waals surface area contributed by atoms with E-state index in [1.807, 2.05) is 4.90 Å². The summed E-state index contributed by atoms with van der Waals surface area (Å²) in [5.74, 6) is 0.172. The summed E-state index contributed by atoms with van der Waals surface area (Å²) in [6.07, 6.45) is 3.43. The lowest BCUT2D eigenvalue weighted by Crippen LogP contribution is -2.51. The maximum atomic E-state index is 12.4. The average molecular weight is 285 g/mol. The van der Waals surface area contributed by atoms with Crippen LogP contribution in [0.3, 0.4) is 0 Å². The van der Waals surface area contributed by atoms with Crippen molar-refractivity contribution in [1.82, 2.24) is 15.1 Å². The van der Waals surface area contributed by atoms with Gasteiger partial charge in [-0.3, -0.25) is 14.5 Å². The highest BCUT2D eigenvalue weighted by molar-refractivity contribution is 7.80. The van der Waals surface area contributed by atoms with Crippen molar-refractivity contribution in [2.75, 3.05) is 25.9 Å². The van der Waals surface area contributed by atoms with Gasteiger partial charge >= 0.3 is 0 Å². The quantitative estimate of drug-likeness (QED) is 0.724. The molecule has 0 aromatic rings. The maximum absolute atomic E-state index is 12.4. The molecule has 2 rings (SSSR count). The summed E-state index contributed by atoms with van der Waals surface area (Å²) in [6.45, 7) is 2.99. The van der Waals surface area contributed by atoms with Crippen LogP contribution in [0.1, 0.15) is 26.2 Å². The molecule has 3 atom stereocenters. The van der Waals surface area contributed by atoms with Crippen molar-refractivity contribution in [1.29, 1.82) is 0 Å². The minimum Gasteiger partial charge on any atom is -0.344 e. The predicted molar refractivity (Wildman–Crippen MR) is 77.2 cm³/mol. The van der Waals surface area contributed by atoms with Crippen LogP contribution in [0.5, 0.6) is 0 Å². The lowest BCUT2D eigenvalue weighted by Gasteiger charge is -2.29. The first kappa shape index (κ1) is 14.7. The summed E-state index contributed by atoms with van der Waals surface area (Å²) in [5.41, 5.74) is 0. The van der Waals surface area contributed by atoms with E-state index >= 15 is 0 Å². The van der Waals surface area contributed by atoms with Crippen LogP contribution < -0.4 is 5.32 Å². The number of fused-ring (bicyclic) bond motifs is 2. The Balaban J connectivity index is 2.01. The van der Waals surface area contributed by atoms with Gasteiger partial charge in [-0.05, 0) is 26.3 Å². The van der Waals surface area contributed by atoms with E-state index in [0.717, 1.165) is 25.9 Å². The molecule has 108 valence electrons. The van der Waals surface area contributed by atoms with Gasteiger partial charge in [0, 0.05) is 37.8 Å². The molecule has 19 heavy (non-hydrogen) atoms. The Morgan fingerprint density at radius 3 is 2.63 bits per heavy atom. The average Bonchev–Trinajstić information content (AvgIpc) is 2.59. The van der Waals surface area contributed by atoms with Crippen molar-refractivity contribution >= 4 is 24.4 Å². The molecule has 2 fully saturated rings. The molecule has 6 heteroatoms. The molecule has 2 aliphatic heterocycles. The smallest absolute Gasteiger partial charge is 0.246 e. The standard InChI is InChI=1S/C13H23N3O2S/c1-9(17)14-12(8-19)13(18)16-6-5-10-3-4-11(7-16)15(10)2/h10-12,19H,3-8H2,1-2H3,(H,14,17). The highest BCUT2D eigenvalue weighted by Crippen LogP contribution is 2.28. The van der Waals surface area contributed by atoms with Gasteiger partial charge in [0.05, 0.1) is 0 Å². The number of thiol groups is 1. The summed E-state index contributed by atoms with van der Waals surface area (Å²) in [6, 6.07) is 0.579. The van der Waals surface area contributed by atoms with Gasteiger partial charge in [0.15, 0.2) is 0 Å². The predicted octanol–water partition coefficient (Wildman–Crippen LogP) is 0.116. The normalized spacial score (nSPS) is 28.9. The Labute approximate surface area is 120 Å². The monoisotopic (exact) mass is 285 g/mol. The van der Waals surface area contributed by atoms with Gasteiger partial charge in [0.1, 0.15) is 6.04 Å². The minimum absolute atomic E-state index is 0.00569. The van der Waals surface area contributed by atoms with Crippen LogP contribution in [-0.2, 0) is 9.59 Å². The third-order valence-corrected chi connectivity index (χ3v) is 4.68. The van der Waals surface area contributed by atoms with Crippen LogP contribution in [0.2, 0.25) is 0 Å². The number of carbonyl (C=O) groups is 2. The minimum atomic E-state index is -0.497. The zero-order valence-corrected chi connectivity index (χ0v) is 12.5. The number of amides is 2. The first-order valence-electron chi connectivity index (χ1n) is 6.91. The Hall–Kier alpha value is -0.750. The number of likely N-dealkylation sites (N-methyl/N-ethyl adjacent to an activating group) is 1. The Morgan fingerprint density at radius 2 is 2.00 bits per heavy atom. The number of hydrogen-bond acceptors (Lipinski definition) is 4. The van der Waals surface area contributed by atoms with E-state index < -0.39 is 6.04 Å². The molecule has 0 aromatic heterocycles. The highest BCUT2D eigenvalue weighted by atomic mass is 32.1. The van der Waals surface area contributed by atoms with Gasteiger partial charge < -0.3 is 10.2 Å². The summed E-state index contributed by atoms with van der Waals surface area (Å²) in [4.78, 5) is 27.9. The molecule has 0 aliphatic carbocycles. The van der Waals surface area contributed by atoms with Crippen molar-refractivity contribution < 1.29 is 9.59 Å². The fourth-order valence-corrected chi connectivity index (χ4v) is 3.41. The van der Waals surface area contributed by atoms with Crippen LogP contribution >= 0.6 is 12.6 Å². The van der Waals surface area contributed by atoms with Crippen LogP contribution in [0, 0.1) is 0 Å². The fourth-order valence-electron chi connectivity index (χ4n) is 3.16. The molecule has 5 nitrogen and oxygen atoms in total. The number of nitrogens with zero attached hydrogens (tertiary/aromatic N) is 2. The van der Waals surface area contributed by atoms with Crippen molar-refractivity contribution in [3.63, 3.8) is 0 Å². The lowest BCUT2D eigenvalue weighted by molar-refractivity contribution is -0.135. The van der Waals surface area contributed by atoms with E-state index in [9.17, 15) is 9.59 Å². The van der Waals surface area contributed by atoms with Gasteiger partial charge in [-0.15, -0.1) is 0 Å². The van der Waals surface area contributed by atoms with Crippen LogP contribution in [0.4, 0.5) is 0 Å². The zero-order valence-electron chi connectivity index (χ0n) is 11.6. The Bertz CT molecular complexity index is 364. The van der Waals surface area contributed by atoms with E-state index in [2.05, 4.69) is 29.9 Å². The number of rotatable bonds is 3. The molecular formula is C13H23N3O2S. The molecular weight excluding hydrogens is 262 g/mol. The molecule has 2 bridgehead atoms. The van der Waals surface area contributed by atoms with E-state index in [4.69, 9.17) is 0 Å². The lowest BCUT2D eigenvalue weighted by atomic mass is 10.1. The highest BCUT2D eigenvalue weighted by Gasteiger charge is 2.37. The SMILES string of the molecule is CC(=O)NC(CS)C(=O)N1CCC2CCC(C1)N2C. The summed E-state index contributed by atoms with van der Waals surface area (Å²) >= 11 is 4.18. The third-order valence-electron chi connectivity index (χ3n) is 4.32. The largest absolute Gasteiger partial charge is 0.344 e. The molecule has 2 amide bonds. The second kappa shape index (κ2) is 6.13. The number of carbonyl (C=O) groups excluding carboxylic acids is 2. The maximum Gasteiger partial charge on any atom is 0.246 e. The topological polar surface area (TPSA) is 52.7 Å². The first-order chi connectivity index (χ1) is 9.02. The second-order valence-electron chi connectivity index (χ2n) is 5.56. The number of hydrogen-bond donors (Lipinski definition) is 2. The fraction of sp³-hybridized carbons (Fsp3) is 0.846.